The molecule has 1 aliphatic rings. The second-order valence-corrected chi connectivity index (χ2v) is 11.6. The zero-order valence-electron chi connectivity index (χ0n) is 11.0. The summed E-state index contributed by atoms with van der Waals surface area (Å²) in [5, 5.41) is 0. The molecule has 0 amide bonds. The molecule has 2 nitrogen and oxygen atoms in total. The van der Waals surface area contributed by atoms with Crippen molar-refractivity contribution in [1.29, 1.82) is 0 Å². The maximum atomic E-state index is 11.8. The van der Waals surface area contributed by atoms with Gasteiger partial charge in [-0.3, -0.25) is 4.79 Å². The Labute approximate surface area is 100 Å². The van der Waals surface area contributed by atoms with Gasteiger partial charge in [-0.2, -0.15) is 0 Å². The van der Waals surface area contributed by atoms with Gasteiger partial charge in [0.25, 0.3) is 0 Å². The first-order chi connectivity index (χ1) is 7.40. The highest BCUT2D eigenvalue weighted by Gasteiger charge is 2.24. The van der Waals surface area contributed by atoms with Gasteiger partial charge in [0.1, 0.15) is 5.78 Å². The van der Waals surface area contributed by atoms with Crippen LogP contribution in [0.1, 0.15) is 13.3 Å². The summed E-state index contributed by atoms with van der Waals surface area (Å²) in [6.07, 6.45) is 5.01. The van der Waals surface area contributed by atoms with E-state index in [-0.39, 0.29) is 11.8 Å². The zero-order chi connectivity index (χ0) is 12.2. The molecular formula is C13H24O2Si. The van der Waals surface area contributed by atoms with Crippen LogP contribution < -0.4 is 0 Å². The first-order valence-electron chi connectivity index (χ1n) is 6.18. The van der Waals surface area contributed by atoms with E-state index in [0.717, 1.165) is 13.0 Å². The van der Waals surface area contributed by atoms with Gasteiger partial charge in [0, 0.05) is 20.6 Å². The number of hydrogen-bond donors (Lipinski definition) is 0. The summed E-state index contributed by atoms with van der Waals surface area (Å²) in [4.78, 5) is 11.8. The highest BCUT2D eigenvalue weighted by molar-refractivity contribution is 6.76. The lowest BCUT2D eigenvalue weighted by molar-refractivity contribution is -0.126. The summed E-state index contributed by atoms with van der Waals surface area (Å²) < 4.78 is 5.63. The lowest BCUT2D eigenvalue weighted by Crippen LogP contribution is -2.28. The van der Waals surface area contributed by atoms with Crippen molar-refractivity contribution in [2.75, 3.05) is 13.2 Å². The molecule has 0 bridgehead atoms. The van der Waals surface area contributed by atoms with Gasteiger partial charge < -0.3 is 4.74 Å². The molecule has 0 heterocycles. The van der Waals surface area contributed by atoms with Crippen molar-refractivity contribution >= 4 is 13.9 Å². The Morgan fingerprint density at radius 1 is 1.44 bits per heavy atom. The number of ether oxygens (including phenoxy) is 1. The second-order valence-electron chi connectivity index (χ2n) is 5.96. The van der Waals surface area contributed by atoms with E-state index in [4.69, 9.17) is 4.74 Å². The van der Waals surface area contributed by atoms with Crippen molar-refractivity contribution in [1.82, 2.24) is 0 Å². The van der Waals surface area contributed by atoms with Crippen molar-refractivity contribution in [2.24, 2.45) is 11.8 Å². The Hall–Kier alpha value is -0.413. The van der Waals surface area contributed by atoms with Crippen LogP contribution in [0, 0.1) is 11.8 Å². The maximum Gasteiger partial charge on any atom is 0.145 e. The summed E-state index contributed by atoms with van der Waals surface area (Å²) in [6.45, 7) is 10.4. The fourth-order valence-corrected chi connectivity index (χ4v) is 2.51. The average Bonchev–Trinajstić information content (AvgIpc) is 2.17. The van der Waals surface area contributed by atoms with Crippen LogP contribution in [0.15, 0.2) is 12.2 Å². The van der Waals surface area contributed by atoms with Crippen LogP contribution in [-0.2, 0) is 9.53 Å². The summed E-state index contributed by atoms with van der Waals surface area (Å²) in [5.74, 6) is 0.525. The zero-order valence-corrected chi connectivity index (χ0v) is 12.0. The number of Topliss-reactive ketones (excluding diaryl/α,β-unsaturated/α-hetero) is 1. The van der Waals surface area contributed by atoms with E-state index in [1.54, 1.807) is 0 Å². The first-order valence-corrected chi connectivity index (χ1v) is 9.89. The smallest absolute Gasteiger partial charge is 0.145 e. The molecule has 1 aliphatic carbocycles. The molecule has 2 unspecified atom stereocenters. The first kappa shape index (κ1) is 13.7. The van der Waals surface area contributed by atoms with Gasteiger partial charge in [-0.05, 0) is 12.5 Å². The van der Waals surface area contributed by atoms with Gasteiger partial charge in [0.05, 0.1) is 12.5 Å². The van der Waals surface area contributed by atoms with Crippen LogP contribution in [0.3, 0.4) is 0 Å². The third-order valence-electron chi connectivity index (χ3n) is 3.00. The number of ketones is 1. The van der Waals surface area contributed by atoms with Crippen LogP contribution >= 0.6 is 0 Å². The second kappa shape index (κ2) is 5.78. The van der Waals surface area contributed by atoms with E-state index in [1.165, 1.54) is 6.04 Å². The van der Waals surface area contributed by atoms with Crippen molar-refractivity contribution < 1.29 is 9.53 Å². The Balaban J connectivity index is 2.25. The van der Waals surface area contributed by atoms with Crippen molar-refractivity contribution in [2.45, 2.75) is 39.0 Å². The lowest BCUT2D eigenvalue weighted by atomic mass is 9.87. The molecule has 2 atom stereocenters. The Kier molecular flexibility index (Phi) is 4.93. The van der Waals surface area contributed by atoms with E-state index in [2.05, 4.69) is 25.7 Å². The molecule has 0 aromatic carbocycles. The molecule has 92 valence electrons. The fraction of sp³-hybridized carbons (Fsp3) is 0.769. The maximum absolute atomic E-state index is 11.8. The van der Waals surface area contributed by atoms with E-state index in [1.807, 2.05) is 13.0 Å². The summed E-state index contributed by atoms with van der Waals surface area (Å²) in [7, 11) is -1.00. The standard InChI is InChI=1S/C13H24O2Si/c1-11-6-5-7-12(13(11)14)10-15-8-9-16(2,3)4/h5,7,11-12H,6,8-10H2,1-4H3. The van der Waals surface area contributed by atoms with E-state index in [0.29, 0.717) is 12.4 Å². The third-order valence-corrected chi connectivity index (χ3v) is 4.71. The lowest BCUT2D eigenvalue weighted by Gasteiger charge is -2.21. The Morgan fingerprint density at radius 3 is 2.75 bits per heavy atom. The molecule has 16 heavy (non-hydrogen) atoms. The highest BCUT2D eigenvalue weighted by Crippen LogP contribution is 2.19. The number of hydrogen-bond acceptors (Lipinski definition) is 2. The molecule has 0 aromatic heterocycles. The monoisotopic (exact) mass is 240 g/mol. The molecule has 3 heteroatoms. The van der Waals surface area contributed by atoms with Gasteiger partial charge in [-0.1, -0.05) is 38.7 Å². The minimum atomic E-state index is -1.00. The summed E-state index contributed by atoms with van der Waals surface area (Å²) in [6, 6.07) is 1.17. The van der Waals surface area contributed by atoms with Crippen molar-refractivity contribution in [3.63, 3.8) is 0 Å². The number of allylic oxidation sites excluding steroid dienone is 1. The average molecular weight is 240 g/mol. The van der Waals surface area contributed by atoms with Gasteiger partial charge in [-0.25, -0.2) is 0 Å². The molecule has 0 saturated heterocycles. The van der Waals surface area contributed by atoms with E-state index < -0.39 is 8.07 Å². The molecule has 0 spiro atoms. The van der Waals surface area contributed by atoms with Gasteiger partial charge in [-0.15, -0.1) is 0 Å². The van der Waals surface area contributed by atoms with Crippen LogP contribution in [0.5, 0.6) is 0 Å². The minimum absolute atomic E-state index is 0.00499. The highest BCUT2D eigenvalue weighted by atomic mass is 28.3. The largest absolute Gasteiger partial charge is 0.381 e. The minimum Gasteiger partial charge on any atom is -0.381 e. The quantitative estimate of drug-likeness (QED) is 0.419. The fourth-order valence-electron chi connectivity index (χ4n) is 1.75. The third kappa shape index (κ3) is 4.62. The Morgan fingerprint density at radius 2 is 2.12 bits per heavy atom. The van der Waals surface area contributed by atoms with E-state index in [9.17, 15) is 4.79 Å². The molecule has 0 fully saturated rings. The number of carbonyl (C=O) groups excluding carboxylic acids is 1. The summed E-state index contributed by atoms with van der Waals surface area (Å²) in [5.41, 5.74) is 0. The number of carbonyl (C=O) groups is 1. The molecule has 0 radical (unpaired) electrons. The topological polar surface area (TPSA) is 26.3 Å². The Bertz CT molecular complexity index is 266. The molecule has 1 rings (SSSR count). The predicted octanol–water partition coefficient (Wildman–Crippen LogP) is 3.12. The molecule has 0 N–H and O–H groups in total. The van der Waals surface area contributed by atoms with Crippen LogP contribution in [-0.4, -0.2) is 27.1 Å². The van der Waals surface area contributed by atoms with Gasteiger partial charge in [0.15, 0.2) is 0 Å². The van der Waals surface area contributed by atoms with Crippen molar-refractivity contribution in [3.05, 3.63) is 12.2 Å². The van der Waals surface area contributed by atoms with Gasteiger partial charge in [0.2, 0.25) is 0 Å². The number of rotatable bonds is 5. The van der Waals surface area contributed by atoms with Crippen LogP contribution in [0.2, 0.25) is 25.7 Å². The molecular weight excluding hydrogens is 216 g/mol. The van der Waals surface area contributed by atoms with E-state index >= 15 is 0 Å². The molecule has 0 aliphatic heterocycles. The normalized spacial score (nSPS) is 26.1. The van der Waals surface area contributed by atoms with Crippen LogP contribution in [0.4, 0.5) is 0 Å². The van der Waals surface area contributed by atoms with Gasteiger partial charge >= 0.3 is 0 Å². The van der Waals surface area contributed by atoms with Crippen molar-refractivity contribution in [3.8, 4) is 0 Å². The molecule has 0 aromatic rings. The molecule has 0 saturated carbocycles. The summed E-state index contributed by atoms with van der Waals surface area (Å²) >= 11 is 0. The predicted molar refractivity (Wildman–Crippen MR) is 70.4 cm³/mol. The SMILES string of the molecule is CC1CC=CC(COCC[Si](C)(C)C)C1=O. The van der Waals surface area contributed by atoms with Crippen LogP contribution in [0.25, 0.3) is 0 Å².